The quantitative estimate of drug-likeness (QED) is 0.691. The summed E-state index contributed by atoms with van der Waals surface area (Å²) in [6.45, 7) is -2.21. The highest BCUT2D eigenvalue weighted by atomic mass is 19.2. The average Bonchev–Trinajstić information content (AvgIpc) is 2.01. The molecule has 0 heterocycles. The Morgan fingerprint density at radius 1 is 1.36 bits per heavy atom. The van der Waals surface area contributed by atoms with Gasteiger partial charge in [-0.25, -0.2) is 14.0 Å². The van der Waals surface area contributed by atoms with Crippen molar-refractivity contribution in [2.24, 2.45) is 0 Å². The molecule has 0 saturated heterocycles. The maximum Gasteiger partial charge on any atom is 0.508 e. The van der Waals surface area contributed by atoms with Gasteiger partial charge in [-0.1, -0.05) is 0 Å². The van der Waals surface area contributed by atoms with Gasteiger partial charge in [-0.15, -0.1) is 0 Å². The van der Waals surface area contributed by atoms with Crippen LogP contribution in [0.5, 0.6) is 0 Å². The second-order valence-electron chi connectivity index (χ2n) is 1.99. The molecule has 0 amide bonds. The predicted molar refractivity (Wildman–Crippen MR) is 32.9 cm³/mol. The second kappa shape index (κ2) is 4.53. The van der Waals surface area contributed by atoms with Gasteiger partial charge in [-0.3, -0.25) is 0 Å². The van der Waals surface area contributed by atoms with E-state index in [1.165, 1.54) is 0 Å². The Balaban J connectivity index is 4.49. The smallest absolute Gasteiger partial charge is 0.450 e. The number of rotatable bonds is 4. The molecule has 0 aliphatic carbocycles. The fraction of sp³-hybridized carbons (Fsp3) is 0.600. The SMILES string of the molecule is O=C(O)OC(F)C(F)(CF)OC(=O)O. The first-order valence-electron chi connectivity index (χ1n) is 3.02. The molecule has 2 unspecified atom stereocenters. The molecule has 0 bridgehead atoms. The number of hydrogen-bond donors (Lipinski definition) is 2. The predicted octanol–water partition coefficient (Wildman–Crippen LogP) is 1.31. The molecule has 6 nitrogen and oxygen atoms in total. The van der Waals surface area contributed by atoms with Crippen molar-refractivity contribution >= 4 is 12.3 Å². The van der Waals surface area contributed by atoms with Crippen molar-refractivity contribution in [3.8, 4) is 0 Å². The van der Waals surface area contributed by atoms with E-state index in [9.17, 15) is 22.8 Å². The monoisotopic (exact) mass is 218 g/mol. The summed E-state index contributed by atoms with van der Waals surface area (Å²) in [6, 6.07) is 0. The number of halogens is 3. The van der Waals surface area contributed by atoms with Gasteiger partial charge < -0.3 is 19.7 Å². The second-order valence-corrected chi connectivity index (χ2v) is 1.99. The summed E-state index contributed by atoms with van der Waals surface area (Å²) < 4.78 is 43.4. The molecule has 0 aromatic rings. The summed E-state index contributed by atoms with van der Waals surface area (Å²) >= 11 is 0. The number of ether oxygens (including phenoxy) is 2. The summed E-state index contributed by atoms with van der Waals surface area (Å²) in [5, 5.41) is 15.7. The molecule has 0 saturated carbocycles. The fourth-order valence-electron chi connectivity index (χ4n) is 0.456. The van der Waals surface area contributed by atoms with Crippen LogP contribution in [0.4, 0.5) is 22.8 Å². The van der Waals surface area contributed by atoms with Gasteiger partial charge in [0, 0.05) is 0 Å². The molecule has 0 fully saturated rings. The molecular weight excluding hydrogens is 213 g/mol. The number of carbonyl (C=O) groups is 2. The van der Waals surface area contributed by atoms with E-state index in [-0.39, 0.29) is 0 Å². The lowest BCUT2D eigenvalue weighted by atomic mass is 10.3. The van der Waals surface area contributed by atoms with Crippen molar-refractivity contribution in [1.82, 2.24) is 0 Å². The van der Waals surface area contributed by atoms with E-state index < -0.39 is 31.2 Å². The Morgan fingerprint density at radius 2 is 1.86 bits per heavy atom. The van der Waals surface area contributed by atoms with Gasteiger partial charge in [0.1, 0.15) is 0 Å². The van der Waals surface area contributed by atoms with E-state index in [2.05, 4.69) is 9.47 Å². The Morgan fingerprint density at radius 3 is 2.14 bits per heavy atom. The third-order valence-corrected chi connectivity index (χ3v) is 0.982. The van der Waals surface area contributed by atoms with Crippen molar-refractivity contribution in [3.63, 3.8) is 0 Å². The van der Waals surface area contributed by atoms with E-state index in [4.69, 9.17) is 10.2 Å². The minimum Gasteiger partial charge on any atom is -0.450 e. The van der Waals surface area contributed by atoms with Crippen LogP contribution >= 0.6 is 0 Å². The van der Waals surface area contributed by atoms with Crippen molar-refractivity contribution in [3.05, 3.63) is 0 Å². The van der Waals surface area contributed by atoms with Gasteiger partial charge in [-0.2, -0.15) is 8.78 Å². The standard InChI is InChI=1S/C5H5F3O6/c6-1-5(8,14-4(11)12)2(7)13-3(9)10/h2H,1H2,(H,9,10)(H,11,12). The van der Waals surface area contributed by atoms with Crippen LogP contribution in [0.15, 0.2) is 0 Å². The van der Waals surface area contributed by atoms with E-state index in [1.54, 1.807) is 0 Å². The van der Waals surface area contributed by atoms with E-state index in [1.807, 2.05) is 0 Å². The van der Waals surface area contributed by atoms with Crippen molar-refractivity contribution < 1.29 is 42.4 Å². The van der Waals surface area contributed by atoms with Crippen LogP contribution in [0.3, 0.4) is 0 Å². The van der Waals surface area contributed by atoms with Crippen LogP contribution < -0.4 is 0 Å². The zero-order valence-electron chi connectivity index (χ0n) is 6.45. The average molecular weight is 218 g/mol. The van der Waals surface area contributed by atoms with Crippen molar-refractivity contribution in [2.45, 2.75) is 12.2 Å². The molecule has 2 atom stereocenters. The Bertz CT molecular complexity index is 234. The molecule has 2 N–H and O–H groups in total. The fourth-order valence-corrected chi connectivity index (χ4v) is 0.456. The Labute approximate surface area is 74.8 Å². The zero-order valence-corrected chi connectivity index (χ0v) is 6.45. The largest absolute Gasteiger partial charge is 0.508 e. The van der Waals surface area contributed by atoms with E-state index >= 15 is 0 Å². The Kier molecular flexibility index (Phi) is 3.99. The van der Waals surface area contributed by atoms with Crippen molar-refractivity contribution in [1.29, 1.82) is 0 Å². The van der Waals surface area contributed by atoms with Gasteiger partial charge in [0.2, 0.25) is 0 Å². The molecular formula is C5H5F3O6. The third-order valence-electron chi connectivity index (χ3n) is 0.982. The molecule has 0 radical (unpaired) electrons. The molecule has 14 heavy (non-hydrogen) atoms. The number of alkyl halides is 3. The normalized spacial score (nSPS) is 16.5. The molecule has 0 aliphatic rings. The zero-order chi connectivity index (χ0) is 11.4. The summed E-state index contributed by atoms with van der Waals surface area (Å²) in [5.74, 6) is -3.98. The highest BCUT2D eigenvalue weighted by molar-refractivity contribution is 5.58. The minimum absolute atomic E-state index is 2.21. The molecule has 0 aromatic carbocycles. The first-order valence-corrected chi connectivity index (χ1v) is 3.02. The topological polar surface area (TPSA) is 93.1 Å². The van der Waals surface area contributed by atoms with Crippen LogP contribution in [0, 0.1) is 0 Å². The van der Waals surface area contributed by atoms with Gasteiger partial charge in [0.25, 0.3) is 0 Å². The lowest BCUT2D eigenvalue weighted by Crippen LogP contribution is -2.44. The van der Waals surface area contributed by atoms with Crippen LogP contribution in [-0.2, 0) is 9.47 Å². The first-order chi connectivity index (χ1) is 6.31. The summed E-state index contributed by atoms with van der Waals surface area (Å²) in [5.41, 5.74) is 0. The first kappa shape index (κ1) is 12.3. The lowest BCUT2D eigenvalue weighted by Gasteiger charge is -2.22. The van der Waals surface area contributed by atoms with Crippen molar-refractivity contribution in [2.75, 3.05) is 6.67 Å². The molecule has 0 aromatic heterocycles. The third kappa shape index (κ3) is 3.37. The molecule has 0 rings (SSSR count). The highest BCUT2D eigenvalue weighted by Gasteiger charge is 2.47. The summed E-state index contributed by atoms with van der Waals surface area (Å²) in [6.07, 6.45) is -7.93. The maximum atomic E-state index is 12.8. The van der Waals surface area contributed by atoms with Gasteiger partial charge >= 0.3 is 24.5 Å². The highest BCUT2D eigenvalue weighted by Crippen LogP contribution is 2.23. The maximum absolute atomic E-state index is 12.8. The van der Waals surface area contributed by atoms with Gasteiger partial charge in [-0.05, 0) is 0 Å². The van der Waals surface area contributed by atoms with Gasteiger partial charge in [0.05, 0.1) is 0 Å². The minimum atomic E-state index is -3.98. The van der Waals surface area contributed by atoms with Crippen LogP contribution in [0.2, 0.25) is 0 Å². The van der Waals surface area contributed by atoms with E-state index in [0.29, 0.717) is 0 Å². The van der Waals surface area contributed by atoms with Crippen LogP contribution in [0.1, 0.15) is 0 Å². The lowest BCUT2D eigenvalue weighted by molar-refractivity contribution is -0.232. The van der Waals surface area contributed by atoms with Crippen LogP contribution in [-0.4, -0.2) is 41.4 Å². The van der Waals surface area contributed by atoms with Crippen LogP contribution in [0.25, 0.3) is 0 Å². The molecule has 0 aliphatic heterocycles. The Hall–Kier alpha value is -1.67. The molecule has 9 heteroatoms. The summed E-state index contributed by atoms with van der Waals surface area (Å²) in [4.78, 5) is 19.5. The van der Waals surface area contributed by atoms with Gasteiger partial charge in [0.15, 0.2) is 6.67 Å². The molecule has 0 spiro atoms. The number of carboxylic acid groups (broad SMARTS) is 2. The summed E-state index contributed by atoms with van der Waals surface area (Å²) in [7, 11) is 0. The number of hydrogen-bond acceptors (Lipinski definition) is 4. The van der Waals surface area contributed by atoms with E-state index in [0.717, 1.165) is 0 Å². The molecule has 82 valence electrons.